The number of aromatic nitrogens is 1. The van der Waals surface area contributed by atoms with E-state index in [0.717, 1.165) is 19.6 Å². The van der Waals surface area contributed by atoms with Crippen molar-refractivity contribution in [2.45, 2.75) is 92.5 Å². The maximum atomic E-state index is 14.9. The number of amides is 1. The highest BCUT2D eigenvalue weighted by molar-refractivity contribution is 6.17. The van der Waals surface area contributed by atoms with Gasteiger partial charge in [0.05, 0.1) is 41.8 Å². The van der Waals surface area contributed by atoms with Gasteiger partial charge in [-0.25, -0.2) is 4.98 Å². The van der Waals surface area contributed by atoms with Crippen molar-refractivity contribution in [2.75, 3.05) is 56.7 Å². The Morgan fingerprint density at radius 3 is 2.30 bits per heavy atom. The summed E-state index contributed by atoms with van der Waals surface area (Å²) in [5.41, 5.74) is -2.19. The van der Waals surface area contributed by atoms with Crippen molar-refractivity contribution in [3.8, 4) is 11.5 Å². The molecule has 9 atom stereocenters. The molecule has 6 N–H and O–H groups in total. The van der Waals surface area contributed by atoms with E-state index in [1.54, 1.807) is 39.8 Å². The molecule has 0 radical (unpaired) electrons. The number of hydrogen-bond donors (Lipinski definition) is 6. The topological polar surface area (TPSA) is 251 Å². The molecule has 4 aromatic rings. The summed E-state index contributed by atoms with van der Waals surface area (Å²) in [4.78, 5) is 64.7. The van der Waals surface area contributed by atoms with Crippen LogP contribution in [-0.4, -0.2) is 124 Å². The van der Waals surface area contributed by atoms with Gasteiger partial charge in [-0.05, 0) is 18.9 Å². The third-order valence-electron chi connectivity index (χ3n) is 13.8. The fourth-order valence-electron chi connectivity index (χ4n) is 9.84. The van der Waals surface area contributed by atoms with Crippen molar-refractivity contribution in [1.82, 2.24) is 9.88 Å². The van der Waals surface area contributed by atoms with Crippen LogP contribution in [0, 0.1) is 36.5 Å². The number of methoxy groups -OCH3 is 1. The van der Waals surface area contributed by atoms with Crippen molar-refractivity contribution >= 4 is 62.0 Å². The summed E-state index contributed by atoms with van der Waals surface area (Å²) >= 11 is 0. The lowest BCUT2D eigenvalue weighted by Gasteiger charge is -2.38. The van der Waals surface area contributed by atoms with Gasteiger partial charge in [0.25, 0.3) is 5.91 Å². The second kappa shape index (κ2) is 20.1. The van der Waals surface area contributed by atoms with Crippen LogP contribution in [0.4, 0.5) is 11.4 Å². The third kappa shape index (κ3) is 9.64. The Labute approximate surface area is 399 Å². The lowest BCUT2D eigenvalue weighted by atomic mass is 9.78. The number of aliphatic hydroxyl groups excluding tert-OH is 4. The Morgan fingerprint density at radius 1 is 0.971 bits per heavy atom. The van der Waals surface area contributed by atoms with Crippen LogP contribution in [0.15, 0.2) is 62.3 Å². The number of anilines is 2. The number of rotatable bonds is 6. The minimum absolute atomic E-state index is 0.00670. The van der Waals surface area contributed by atoms with Gasteiger partial charge in [0, 0.05) is 112 Å². The molecule has 18 heteroatoms. The SMILES string of the molecule is CO[C@H]1/C=C/O[C@@]2(C)Oc3c(C)c(O)c4c(=O)c(c5oc6cc(N7CCN(CC(C)C)CC7)cc(=O)c6nc5c4c3=C2O)NC(=O)/C(CO)=C\C=C\[C@H](C)[C@H](O)[C@@H](C)[C@@H](O)[C@@H](C)[C@H](OC(C)=O)[C@@H]1C. The van der Waals surface area contributed by atoms with Crippen molar-refractivity contribution in [3.05, 3.63) is 79.5 Å². The van der Waals surface area contributed by atoms with E-state index in [1.165, 1.54) is 58.4 Å². The predicted octanol–water partition coefficient (Wildman–Crippen LogP) is 4.31. The van der Waals surface area contributed by atoms with Crippen LogP contribution in [0.2, 0.25) is 0 Å². The average molecular weight is 957 g/mol. The highest BCUT2D eigenvalue weighted by Gasteiger charge is 2.44. The lowest BCUT2D eigenvalue weighted by molar-refractivity contribution is -0.160. The molecule has 0 spiro atoms. The minimum Gasteiger partial charge on any atom is -0.507 e. The molecule has 4 bridgehead atoms. The summed E-state index contributed by atoms with van der Waals surface area (Å²) in [6.07, 6.45) is 2.97. The first-order chi connectivity index (χ1) is 32.6. The van der Waals surface area contributed by atoms with E-state index < -0.39 is 106 Å². The first-order valence-electron chi connectivity index (χ1n) is 23.4. The number of aliphatic hydroxyl groups is 4. The number of phenolic OH excluding ortho intramolecular Hbond substituents is 1. The minimum atomic E-state index is -2.01. The number of carbonyl (C=O) groups excluding carboxylic acids is 2. The summed E-state index contributed by atoms with van der Waals surface area (Å²) in [6.45, 7) is 18.2. The molecule has 1 saturated heterocycles. The number of carbonyl (C=O) groups is 2. The summed E-state index contributed by atoms with van der Waals surface area (Å²) in [5, 5.41) is 59.6. The Morgan fingerprint density at radius 2 is 1.67 bits per heavy atom. The second-order valence-corrected chi connectivity index (χ2v) is 19.2. The summed E-state index contributed by atoms with van der Waals surface area (Å²) in [5.74, 6) is -7.00. The van der Waals surface area contributed by atoms with E-state index in [-0.39, 0.29) is 49.7 Å². The molecule has 3 aliphatic rings. The van der Waals surface area contributed by atoms with Gasteiger partial charge in [0.15, 0.2) is 22.4 Å². The number of ether oxygens (including phenoxy) is 4. The largest absolute Gasteiger partial charge is 0.507 e. The average Bonchev–Trinajstić information content (AvgIpc) is 3.57. The molecular formula is C51H64N4O14. The summed E-state index contributed by atoms with van der Waals surface area (Å²) < 4.78 is 30.5. The standard InChI is InChI=1S/C51H64N4O14/c1-24(2)22-54-15-17-55(18-16-54)32-20-33(58)39-35(21-32)68-48-40(52-39)36-37-44(61)29(7)47-38(36)49(63)51(9,69-47)66-19-14-34(65-10)26(4)46(67-30(8)57)28(6)43(60)27(5)42(59)25(3)12-11-13-31(23-56)50(64)53-41(48)45(37)62/h11-14,19-21,24-28,34,42-43,46,56,59-61,63H,15-18,22-23H2,1-10H3,(H,53,64)/b12-11+,19-14+,31-13-/t25-,26+,27+,28+,34-,42-,43+,46+,51-/m0/s1. The Hall–Kier alpha value is -6.05. The zero-order chi connectivity index (χ0) is 50.4. The zero-order valence-electron chi connectivity index (χ0n) is 40.7. The van der Waals surface area contributed by atoms with Crippen LogP contribution >= 0.6 is 0 Å². The maximum Gasteiger partial charge on any atom is 0.307 e. The molecule has 7 rings (SSSR count). The smallest absolute Gasteiger partial charge is 0.307 e. The molecule has 4 heterocycles. The number of nitrogens with one attached hydrogen (secondary N) is 1. The predicted molar refractivity (Wildman–Crippen MR) is 260 cm³/mol. The molecular weight excluding hydrogens is 893 g/mol. The van der Waals surface area contributed by atoms with E-state index in [1.807, 2.05) is 0 Å². The van der Waals surface area contributed by atoms with Gasteiger partial charge < -0.3 is 59.1 Å². The molecule has 1 aromatic heterocycles. The van der Waals surface area contributed by atoms with Gasteiger partial charge in [-0.15, -0.1) is 0 Å². The molecule has 372 valence electrons. The Balaban J connectivity index is 1.47. The summed E-state index contributed by atoms with van der Waals surface area (Å²) in [7, 11) is 1.43. The van der Waals surface area contributed by atoms with E-state index in [0.29, 0.717) is 24.7 Å². The van der Waals surface area contributed by atoms with Crippen molar-refractivity contribution in [2.24, 2.45) is 29.6 Å². The van der Waals surface area contributed by atoms with Crippen LogP contribution in [0.3, 0.4) is 0 Å². The molecule has 0 saturated carbocycles. The highest BCUT2D eigenvalue weighted by atomic mass is 16.7. The molecule has 1 amide bonds. The van der Waals surface area contributed by atoms with Crippen LogP contribution in [0.25, 0.3) is 38.7 Å². The fraction of sp³-hybridized carbons (Fsp3) is 0.510. The van der Waals surface area contributed by atoms with Crippen molar-refractivity contribution in [1.29, 1.82) is 0 Å². The monoisotopic (exact) mass is 956 g/mol. The molecule has 69 heavy (non-hydrogen) atoms. The van der Waals surface area contributed by atoms with Crippen LogP contribution in [-0.2, 0) is 23.8 Å². The van der Waals surface area contributed by atoms with E-state index in [4.69, 9.17) is 28.3 Å². The van der Waals surface area contributed by atoms with Gasteiger partial charge in [0.1, 0.15) is 28.8 Å². The molecule has 18 nitrogen and oxygen atoms in total. The van der Waals surface area contributed by atoms with Crippen LogP contribution in [0.5, 0.6) is 11.5 Å². The molecule has 1 fully saturated rings. The normalized spacial score (nSPS) is 29.2. The molecule has 3 aliphatic heterocycles. The van der Waals surface area contributed by atoms with Gasteiger partial charge in [-0.1, -0.05) is 59.8 Å². The number of allylic oxidation sites excluding steroid dienone is 2. The number of aromatic hydroxyl groups is 1. The van der Waals surface area contributed by atoms with Gasteiger partial charge in [0.2, 0.25) is 10.9 Å². The third-order valence-corrected chi connectivity index (χ3v) is 13.8. The molecule has 3 aromatic carbocycles. The van der Waals surface area contributed by atoms with Crippen LogP contribution in [0.1, 0.15) is 61.0 Å². The molecule has 0 aliphatic carbocycles. The maximum absolute atomic E-state index is 14.9. The zero-order valence-corrected chi connectivity index (χ0v) is 40.7. The number of phenols is 1. The van der Waals surface area contributed by atoms with Crippen LogP contribution < -0.4 is 31.0 Å². The van der Waals surface area contributed by atoms with Gasteiger partial charge >= 0.3 is 11.8 Å². The number of hydrogen-bond acceptors (Lipinski definition) is 17. The highest BCUT2D eigenvalue weighted by Crippen LogP contribution is 2.42. The van der Waals surface area contributed by atoms with Gasteiger partial charge in [-0.3, -0.25) is 24.1 Å². The number of fused-ring (bicyclic) bond motifs is 2. The van der Waals surface area contributed by atoms with Crippen molar-refractivity contribution in [3.63, 3.8) is 0 Å². The van der Waals surface area contributed by atoms with Gasteiger partial charge in [-0.2, -0.15) is 0 Å². The Kier molecular flexibility index (Phi) is 14.8. The van der Waals surface area contributed by atoms with Crippen molar-refractivity contribution < 1.29 is 58.5 Å². The number of nitrogens with zero attached hydrogens (tertiary/aromatic N) is 3. The first-order valence-corrected chi connectivity index (χ1v) is 23.4. The second-order valence-electron chi connectivity index (χ2n) is 19.2. The number of benzene rings is 3. The summed E-state index contributed by atoms with van der Waals surface area (Å²) in [6, 6.07) is 3.10. The van der Waals surface area contributed by atoms with E-state index >= 15 is 0 Å². The lowest BCUT2D eigenvalue weighted by Crippen LogP contribution is -2.47. The van der Waals surface area contributed by atoms with E-state index in [9.17, 15) is 44.7 Å². The Bertz CT molecular complexity index is 2920. The number of piperazine rings is 1. The fourth-order valence-corrected chi connectivity index (χ4v) is 9.84. The first kappa shape index (κ1) is 50.8. The molecule has 0 unspecified atom stereocenters. The number of esters is 1. The quantitative estimate of drug-likeness (QED) is 0.0895. The van der Waals surface area contributed by atoms with E-state index in [2.05, 4.69) is 29.0 Å².